The number of rotatable bonds is 4. The van der Waals surface area contributed by atoms with Crippen LogP contribution in [-0.2, 0) is 14.9 Å². The van der Waals surface area contributed by atoms with E-state index >= 15 is 0 Å². The van der Waals surface area contributed by atoms with Crippen LogP contribution in [0.5, 0.6) is 0 Å². The van der Waals surface area contributed by atoms with Gasteiger partial charge in [0.2, 0.25) is 0 Å². The van der Waals surface area contributed by atoms with Crippen LogP contribution in [0.2, 0.25) is 0 Å². The summed E-state index contributed by atoms with van der Waals surface area (Å²) in [5.41, 5.74) is 0.995. The van der Waals surface area contributed by atoms with Crippen molar-refractivity contribution in [2.75, 3.05) is 21.8 Å². The minimum atomic E-state index is -3.92. The highest BCUT2D eigenvalue weighted by Gasteiger charge is 2.42. The summed E-state index contributed by atoms with van der Waals surface area (Å²) in [6.07, 6.45) is 0.670. The van der Waals surface area contributed by atoms with E-state index in [9.17, 15) is 17.2 Å². The normalized spacial score (nSPS) is 21.0. The molecule has 0 bridgehead atoms. The zero-order valence-corrected chi connectivity index (χ0v) is 13.3. The number of para-hydroxylation sites is 2. The maximum atomic E-state index is 13.6. The Labute approximate surface area is 138 Å². The monoisotopic (exact) mass is 352 g/mol. The number of fused-ring (bicyclic) bond motifs is 1. The van der Waals surface area contributed by atoms with Crippen LogP contribution in [0.3, 0.4) is 0 Å². The van der Waals surface area contributed by atoms with E-state index in [0.29, 0.717) is 24.4 Å². The number of hydrogen-bond donors (Lipinski definition) is 0. The van der Waals surface area contributed by atoms with Gasteiger partial charge < -0.3 is 4.74 Å². The molecule has 5 nitrogen and oxygen atoms in total. The van der Waals surface area contributed by atoms with Crippen LogP contribution in [0.25, 0.3) is 0 Å². The van der Waals surface area contributed by atoms with E-state index < -0.39 is 21.8 Å². The first-order chi connectivity index (χ1) is 11.5. The number of halogens is 2. The highest BCUT2D eigenvalue weighted by Crippen LogP contribution is 2.45. The van der Waals surface area contributed by atoms with Gasteiger partial charge in [-0.15, -0.1) is 0 Å². The Morgan fingerprint density at radius 2 is 1.79 bits per heavy atom. The van der Waals surface area contributed by atoms with Crippen molar-refractivity contribution in [1.82, 2.24) is 0 Å². The number of epoxide rings is 1. The van der Waals surface area contributed by atoms with Gasteiger partial charge in [0.15, 0.2) is 11.6 Å². The van der Waals surface area contributed by atoms with Gasteiger partial charge in [-0.2, -0.15) is 8.42 Å². The fourth-order valence-corrected chi connectivity index (χ4v) is 4.53. The van der Waals surface area contributed by atoms with Crippen LogP contribution in [0.1, 0.15) is 6.42 Å². The van der Waals surface area contributed by atoms with E-state index in [-0.39, 0.29) is 18.3 Å². The molecular formula is C16H14F2N2O3S. The molecule has 0 aliphatic carbocycles. The topological polar surface area (TPSA) is 53.2 Å². The lowest BCUT2D eigenvalue weighted by Gasteiger charge is -2.21. The molecule has 2 aromatic rings. The molecule has 0 amide bonds. The standard InChI is InChI=1S/C16H14F2N2O3S/c17-13-6-5-11(9-14(13)18)20-16-4-2-1-3-15(16)19(24(20,21)22)8-7-12-10-23-12/h1-6,9,12H,7-8,10H2/t12-/m0/s1. The molecule has 1 fully saturated rings. The average molecular weight is 352 g/mol. The number of ether oxygens (including phenoxy) is 1. The highest BCUT2D eigenvalue weighted by atomic mass is 32.2. The molecule has 0 spiro atoms. The zero-order chi connectivity index (χ0) is 16.9. The lowest BCUT2D eigenvalue weighted by molar-refractivity contribution is 0.399. The average Bonchev–Trinajstić information content (AvgIpc) is 3.33. The van der Waals surface area contributed by atoms with Crippen LogP contribution < -0.4 is 8.61 Å². The summed E-state index contributed by atoms with van der Waals surface area (Å²) in [6.45, 7) is 0.909. The van der Waals surface area contributed by atoms with Crippen molar-refractivity contribution in [3.05, 3.63) is 54.1 Å². The minimum Gasteiger partial charge on any atom is -0.373 e. The molecule has 2 aliphatic heterocycles. The number of benzene rings is 2. The lowest BCUT2D eigenvalue weighted by Crippen LogP contribution is -2.36. The predicted octanol–water partition coefficient (Wildman–Crippen LogP) is 2.96. The Balaban J connectivity index is 1.79. The third-order valence-electron chi connectivity index (χ3n) is 4.07. The van der Waals surface area contributed by atoms with Crippen molar-refractivity contribution in [3.8, 4) is 0 Å². The summed E-state index contributed by atoms with van der Waals surface area (Å²) in [6, 6.07) is 9.83. The van der Waals surface area contributed by atoms with E-state index in [0.717, 1.165) is 16.4 Å². The summed E-state index contributed by atoms with van der Waals surface area (Å²) in [5.74, 6) is -2.11. The van der Waals surface area contributed by atoms with Crippen LogP contribution in [-0.4, -0.2) is 27.7 Å². The molecule has 0 radical (unpaired) electrons. The lowest BCUT2D eigenvalue weighted by atomic mass is 10.2. The molecule has 2 aliphatic rings. The Kier molecular flexibility index (Phi) is 3.47. The van der Waals surface area contributed by atoms with Crippen molar-refractivity contribution in [2.24, 2.45) is 0 Å². The van der Waals surface area contributed by atoms with Gasteiger partial charge in [0.1, 0.15) is 0 Å². The molecule has 8 heteroatoms. The summed E-state index contributed by atoms with van der Waals surface area (Å²) in [4.78, 5) is 0. The van der Waals surface area contributed by atoms with Gasteiger partial charge in [-0.3, -0.25) is 4.31 Å². The van der Waals surface area contributed by atoms with Crippen LogP contribution in [0.4, 0.5) is 25.8 Å². The van der Waals surface area contributed by atoms with E-state index in [1.807, 2.05) is 0 Å². The first-order valence-electron chi connectivity index (χ1n) is 7.47. The van der Waals surface area contributed by atoms with Crippen molar-refractivity contribution in [2.45, 2.75) is 12.5 Å². The van der Waals surface area contributed by atoms with Crippen LogP contribution in [0, 0.1) is 11.6 Å². The molecule has 2 heterocycles. The molecule has 2 aromatic carbocycles. The Bertz CT molecular complexity index is 900. The van der Waals surface area contributed by atoms with Gasteiger partial charge >= 0.3 is 10.2 Å². The fraction of sp³-hybridized carbons (Fsp3) is 0.250. The largest absolute Gasteiger partial charge is 0.373 e. The molecule has 1 atom stereocenters. The summed E-state index contributed by atoms with van der Waals surface area (Å²) < 4.78 is 60.2. The van der Waals surface area contributed by atoms with Crippen molar-refractivity contribution >= 4 is 27.3 Å². The minimum absolute atomic E-state index is 0.0616. The van der Waals surface area contributed by atoms with Gasteiger partial charge in [0.05, 0.1) is 29.8 Å². The second-order valence-corrected chi connectivity index (χ2v) is 7.38. The molecule has 24 heavy (non-hydrogen) atoms. The second kappa shape index (κ2) is 5.42. The molecule has 0 aromatic heterocycles. The number of anilines is 3. The SMILES string of the molecule is O=S1(=O)N(CC[C@H]2CO2)c2ccccc2N1c1ccc(F)c(F)c1. The molecule has 126 valence electrons. The summed E-state index contributed by atoms with van der Waals surface area (Å²) in [7, 11) is -3.92. The Morgan fingerprint density at radius 1 is 1.08 bits per heavy atom. The van der Waals surface area contributed by atoms with Gasteiger partial charge in [0, 0.05) is 12.6 Å². The molecular weight excluding hydrogens is 338 g/mol. The van der Waals surface area contributed by atoms with Crippen LogP contribution >= 0.6 is 0 Å². The predicted molar refractivity (Wildman–Crippen MR) is 85.6 cm³/mol. The molecule has 4 rings (SSSR count). The highest BCUT2D eigenvalue weighted by molar-refractivity contribution is 7.95. The summed E-state index contributed by atoms with van der Waals surface area (Å²) >= 11 is 0. The third kappa shape index (κ3) is 2.42. The first kappa shape index (κ1) is 15.3. The van der Waals surface area contributed by atoms with Crippen molar-refractivity contribution in [1.29, 1.82) is 0 Å². The van der Waals surface area contributed by atoms with Crippen molar-refractivity contribution in [3.63, 3.8) is 0 Å². The quantitative estimate of drug-likeness (QED) is 0.795. The molecule has 0 unspecified atom stereocenters. The maximum absolute atomic E-state index is 13.6. The molecule has 0 saturated carbocycles. The molecule has 0 N–H and O–H groups in total. The van der Waals surface area contributed by atoms with Gasteiger partial charge in [-0.1, -0.05) is 12.1 Å². The maximum Gasteiger partial charge on any atom is 0.330 e. The molecule has 1 saturated heterocycles. The smallest absolute Gasteiger partial charge is 0.330 e. The van der Waals surface area contributed by atoms with E-state index in [2.05, 4.69) is 0 Å². The third-order valence-corrected chi connectivity index (χ3v) is 5.88. The first-order valence-corrected chi connectivity index (χ1v) is 8.87. The van der Waals surface area contributed by atoms with E-state index in [1.54, 1.807) is 24.3 Å². The summed E-state index contributed by atoms with van der Waals surface area (Å²) in [5, 5.41) is 0. The van der Waals surface area contributed by atoms with Gasteiger partial charge in [-0.05, 0) is 30.7 Å². The van der Waals surface area contributed by atoms with Crippen molar-refractivity contribution < 1.29 is 21.9 Å². The Hall–Kier alpha value is -2.19. The van der Waals surface area contributed by atoms with E-state index in [1.165, 1.54) is 10.4 Å². The number of hydrogen-bond acceptors (Lipinski definition) is 3. The fourth-order valence-electron chi connectivity index (χ4n) is 2.81. The zero-order valence-electron chi connectivity index (χ0n) is 12.5. The van der Waals surface area contributed by atoms with Crippen LogP contribution in [0.15, 0.2) is 42.5 Å². The van der Waals surface area contributed by atoms with Gasteiger partial charge in [-0.25, -0.2) is 13.1 Å². The Morgan fingerprint density at radius 3 is 2.46 bits per heavy atom. The van der Waals surface area contributed by atoms with E-state index in [4.69, 9.17) is 4.74 Å². The van der Waals surface area contributed by atoms with Gasteiger partial charge in [0.25, 0.3) is 0 Å². The number of nitrogens with zero attached hydrogens (tertiary/aromatic N) is 2. The second-order valence-electron chi connectivity index (χ2n) is 5.68.